The molecule has 0 radical (unpaired) electrons. The van der Waals surface area contributed by atoms with Crippen molar-refractivity contribution in [2.75, 3.05) is 13.2 Å². The Morgan fingerprint density at radius 2 is 0.667 bits per heavy atom. The van der Waals surface area contributed by atoms with E-state index in [-0.39, 0.29) is 0 Å². The summed E-state index contributed by atoms with van der Waals surface area (Å²) in [7, 11) is -1.97. The second kappa shape index (κ2) is 23.4. The van der Waals surface area contributed by atoms with Crippen LogP contribution in [0.5, 0.6) is 0 Å². The van der Waals surface area contributed by atoms with Crippen LogP contribution in [-0.2, 0) is 8.37 Å². The molecular weight excluding hydrogens is 496 g/mol. The third-order valence-electron chi connectivity index (χ3n) is 7.60. The highest BCUT2D eigenvalue weighted by atomic mass is 32.3. The van der Waals surface area contributed by atoms with E-state index in [1.807, 2.05) is 0 Å². The van der Waals surface area contributed by atoms with Gasteiger partial charge in [-0.15, -0.1) is 10.6 Å². The summed E-state index contributed by atoms with van der Waals surface area (Å²) in [5.74, 6) is 0. The topological polar surface area (TPSA) is 18.5 Å². The van der Waals surface area contributed by atoms with E-state index in [0.717, 1.165) is 26.1 Å². The average molecular weight is 557 g/mol. The quantitative estimate of drug-likeness (QED) is 0.107. The molecule has 0 aliphatic rings. The highest BCUT2D eigenvalue weighted by Crippen LogP contribution is 2.64. The average Bonchev–Trinajstić information content (AvgIpc) is 2.98. The van der Waals surface area contributed by atoms with Gasteiger partial charge in [-0.3, -0.25) is 8.37 Å². The molecule has 222 valence electrons. The van der Waals surface area contributed by atoms with Gasteiger partial charge in [-0.25, -0.2) is 0 Å². The maximum atomic E-state index is 6.83. The van der Waals surface area contributed by atoms with Crippen molar-refractivity contribution in [2.24, 2.45) is 0 Å². The molecule has 2 aromatic carbocycles. The molecule has 0 bridgehead atoms. The summed E-state index contributed by atoms with van der Waals surface area (Å²) in [5.41, 5.74) is 0. The van der Waals surface area contributed by atoms with Gasteiger partial charge in [0, 0.05) is 0 Å². The molecule has 0 heterocycles. The van der Waals surface area contributed by atoms with Crippen LogP contribution in [0.25, 0.3) is 0 Å². The highest BCUT2D eigenvalue weighted by molar-refractivity contribution is 8.26. The lowest BCUT2D eigenvalue weighted by Crippen LogP contribution is -2.13. The maximum Gasteiger partial charge on any atom is 0.0723 e. The number of rotatable bonds is 26. The van der Waals surface area contributed by atoms with Crippen LogP contribution in [0.1, 0.15) is 142 Å². The Balaban J connectivity index is 1.83. The van der Waals surface area contributed by atoms with Crippen LogP contribution in [0.15, 0.2) is 70.5 Å². The molecule has 2 rings (SSSR count). The number of benzene rings is 2. The van der Waals surface area contributed by atoms with Crippen molar-refractivity contribution in [2.45, 2.75) is 152 Å². The fourth-order valence-electron chi connectivity index (χ4n) is 5.17. The summed E-state index contributed by atoms with van der Waals surface area (Å²) in [4.78, 5) is 2.35. The van der Waals surface area contributed by atoms with E-state index in [2.05, 4.69) is 74.5 Å². The molecule has 0 atom stereocenters. The Bertz CT molecular complexity index is 712. The first-order valence-electron chi connectivity index (χ1n) is 16.6. The van der Waals surface area contributed by atoms with Crippen molar-refractivity contribution in [3.63, 3.8) is 0 Å². The van der Waals surface area contributed by atoms with Crippen molar-refractivity contribution in [3.8, 4) is 0 Å². The van der Waals surface area contributed by atoms with Crippen LogP contribution < -0.4 is 0 Å². The molecule has 3 heteroatoms. The molecule has 0 unspecified atom stereocenters. The predicted molar refractivity (Wildman–Crippen MR) is 173 cm³/mol. The van der Waals surface area contributed by atoms with E-state index in [1.165, 1.54) is 125 Å². The fourth-order valence-corrected chi connectivity index (χ4v) is 7.79. The van der Waals surface area contributed by atoms with Gasteiger partial charge in [-0.1, -0.05) is 166 Å². The van der Waals surface area contributed by atoms with Gasteiger partial charge in [0.2, 0.25) is 0 Å². The maximum absolute atomic E-state index is 6.83. The van der Waals surface area contributed by atoms with Crippen LogP contribution in [0, 0.1) is 0 Å². The highest BCUT2D eigenvalue weighted by Gasteiger charge is 2.27. The van der Waals surface area contributed by atoms with Gasteiger partial charge >= 0.3 is 0 Å². The zero-order valence-electron chi connectivity index (χ0n) is 25.6. The normalized spacial score (nSPS) is 12.2. The molecule has 0 aliphatic carbocycles. The first kappa shape index (κ1) is 33.9. The summed E-state index contributed by atoms with van der Waals surface area (Å²) in [5, 5.41) is 0. The van der Waals surface area contributed by atoms with E-state index in [4.69, 9.17) is 8.37 Å². The van der Waals surface area contributed by atoms with Gasteiger partial charge in [0.25, 0.3) is 0 Å². The number of unbranched alkanes of at least 4 members (excludes halogenated alkanes) is 18. The molecule has 2 nitrogen and oxygen atoms in total. The smallest absolute Gasteiger partial charge is 0.0723 e. The van der Waals surface area contributed by atoms with E-state index < -0.39 is 10.6 Å². The summed E-state index contributed by atoms with van der Waals surface area (Å²) in [6.07, 6.45) is 26.7. The van der Waals surface area contributed by atoms with Gasteiger partial charge in [-0.05, 0) is 37.1 Å². The van der Waals surface area contributed by atoms with Crippen molar-refractivity contribution in [1.82, 2.24) is 0 Å². The van der Waals surface area contributed by atoms with Crippen LogP contribution in [0.4, 0.5) is 0 Å². The Labute approximate surface area is 244 Å². The number of hydrogen-bond acceptors (Lipinski definition) is 2. The fraction of sp³-hybridized carbons (Fsp3) is 0.667. The second-order valence-electron chi connectivity index (χ2n) is 11.1. The Hall–Kier alpha value is -1.29. The molecule has 39 heavy (non-hydrogen) atoms. The SMILES string of the molecule is CCCCCCCCCCCCOS(OCCCCCCCCCCCC)(c1ccccc1)c1ccccc1. The Morgan fingerprint density at radius 3 is 0.974 bits per heavy atom. The summed E-state index contributed by atoms with van der Waals surface area (Å²) in [6, 6.07) is 21.4. The van der Waals surface area contributed by atoms with E-state index in [9.17, 15) is 0 Å². The molecule has 0 aliphatic heterocycles. The zero-order valence-corrected chi connectivity index (χ0v) is 26.4. The number of hydrogen-bond donors (Lipinski definition) is 0. The molecule has 0 N–H and O–H groups in total. The van der Waals surface area contributed by atoms with Crippen molar-refractivity contribution in [3.05, 3.63) is 60.7 Å². The molecule has 0 aromatic heterocycles. The van der Waals surface area contributed by atoms with E-state index in [1.54, 1.807) is 0 Å². The summed E-state index contributed by atoms with van der Waals surface area (Å²) >= 11 is 0. The lowest BCUT2D eigenvalue weighted by Gasteiger charge is -2.43. The van der Waals surface area contributed by atoms with Crippen molar-refractivity contribution >= 4 is 10.6 Å². The van der Waals surface area contributed by atoms with Crippen LogP contribution in [-0.4, -0.2) is 13.2 Å². The lowest BCUT2D eigenvalue weighted by molar-refractivity contribution is 0.245. The molecule has 0 amide bonds. The van der Waals surface area contributed by atoms with Crippen molar-refractivity contribution in [1.29, 1.82) is 0 Å². The lowest BCUT2D eigenvalue weighted by atomic mass is 10.1. The van der Waals surface area contributed by atoms with Gasteiger partial charge in [0.05, 0.1) is 23.0 Å². The minimum absolute atomic E-state index is 0.758. The molecule has 0 spiro atoms. The van der Waals surface area contributed by atoms with Gasteiger partial charge < -0.3 is 0 Å². The summed E-state index contributed by atoms with van der Waals surface area (Å²) in [6.45, 7) is 6.09. The van der Waals surface area contributed by atoms with Crippen LogP contribution >= 0.6 is 10.6 Å². The molecular formula is C36H60O2S. The monoisotopic (exact) mass is 556 g/mol. The summed E-state index contributed by atoms with van der Waals surface area (Å²) < 4.78 is 13.7. The standard InChI is InChI=1S/C36H60O2S/c1-3-5-7-9-11-13-15-17-19-27-33-37-39(35-29-23-21-24-30-35,36-31-25-22-26-32-36)38-34-28-20-18-16-14-12-10-8-6-4-2/h21-26,29-32H,3-20,27-28,33-34H2,1-2H3. The third-order valence-corrected chi connectivity index (χ3v) is 10.4. The van der Waals surface area contributed by atoms with Crippen LogP contribution in [0.3, 0.4) is 0 Å². The second-order valence-corrected chi connectivity index (χ2v) is 13.6. The first-order chi connectivity index (χ1) is 19.3. The van der Waals surface area contributed by atoms with Gasteiger partial charge in [0.1, 0.15) is 0 Å². The third kappa shape index (κ3) is 14.8. The van der Waals surface area contributed by atoms with Crippen LogP contribution in [0.2, 0.25) is 0 Å². The molecule has 0 saturated carbocycles. The van der Waals surface area contributed by atoms with Gasteiger partial charge in [0.15, 0.2) is 0 Å². The van der Waals surface area contributed by atoms with E-state index in [0.29, 0.717) is 0 Å². The molecule has 0 saturated heterocycles. The van der Waals surface area contributed by atoms with E-state index >= 15 is 0 Å². The zero-order chi connectivity index (χ0) is 27.7. The molecule has 2 aromatic rings. The largest absolute Gasteiger partial charge is 0.275 e. The predicted octanol–water partition coefficient (Wildman–Crippen LogP) is 12.6. The minimum atomic E-state index is -1.97. The Morgan fingerprint density at radius 1 is 0.385 bits per heavy atom. The van der Waals surface area contributed by atoms with Gasteiger partial charge in [-0.2, -0.15) is 0 Å². The van der Waals surface area contributed by atoms with Crippen molar-refractivity contribution < 1.29 is 8.37 Å². The molecule has 0 fully saturated rings. The first-order valence-corrected chi connectivity index (χ1v) is 18.0. The minimum Gasteiger partial charge on any atom is -0.275 e. The Kier molecular flexibility index (Phi) is 20.4.